The zero-order valence-electron chi connectivity index (χ0n) is 15.0. The fourth-order valence-corrected chi connectivity index (χ4v) is 2.26. The van der Waals surface area contributed by atoms with Crippen LogP contribution >= 0.6 is 0 Å². The van der Waals surface area contributed by atoms with E-state index in [2.05, 4.69) is 15.3 Å². The summed E-state index contributed by atoms with van der Waals surface area (Å²) in [4.78, 5) is 10.9. The fourth-order valence-electron chi connectivity index (χ4n) is 2.26. The Labute approximate surface area is 148 Å². The van der Waals surface area contributed by atoms with E-state index in [1.165, 1.54) is 6.07 Å². The van der Waals surface area contributed by atoms with Gasteiger partial charge in [-0.05, 0) is 37.6 Å². The van der Waals surface area contributed by atoms with Crippen LogP contribution in [0.2, 0.25) is 0 Å². The number of nitrogens with one attached hydrogen (secondary N) is 1. The summed E-state index contributed by atoms with van der Waals surface area (Å²) in [6.45, 7) is 6.26. The number of benzene rings is 1. The molecule has 1 aromatic carbocycles. The lowest BCUT2D eigenvalue weighted by Crippen LogP contribution is -2.40. The Hall–Kier alpha value is -2.63. The highest BCUT2D eigenvalue weighted by molar-refractivity contribution is 5.79. The molecule has 134 valence electrons. The van der Waals surface area contributed by atoms with Crippen molar-refractivity contribution in [2.45, 2.75) is 20.4 Å². The van der Waals surface area contributed by atoms with Crippen LogP contribution in [-0.4, -0.2) is 42.6 Å². The molecule has 1 N–H and O–H groups in total. The Morgan fingerprint density at radius 1 is 1.28 bits per heavy atom. The highest BCUT2D eigenvalue weighted by Gasteiger charge is 2.08. The van der Waals surface area contributed by atoms with Crippen molar-refractivity contribution < 1.29 is 9.13 Å². The maximum Gasteiger partial charge on any atom is 0.194 e. The van der Waals surface area contributed by atoms with Crippen LogP contribution in [0.5, 0.6) is 5.75 Å². The second-order valence-electron chi connectivity index (χ2n) is 5.64. The number of pyridine rings is 1. The summed E-state index contributed by atoms with van der Waals surface area (Å²) in [6.07, 6.45) is 1.77. The van der Waals surface area contributed by atoms with Gasteiger partial charge >= 0.3 is 0 Å². The summed E-state index contributed by atoms with van der Waals surface area (Å²) in [5.41, 5.74) is 2.07. The number of likely N-dealkylation sites (N-methyl/N-ethyl adjacent to an activating group) is 1. The number of rotatable bonds is 7. The van der Waals surface area contributed by atoms with Gasteiger partial charge in [-0.3, -0.25) is 4.98 Å². The molecule has 1 heterocycles. The van der Waals surface area contributed by atoms with Crippen molar-refractivity contribution in [1.82, 2.24) is 15.2 Å². The van der Waals surface area contributed by atoms with Gasteiger partial charge in [-0.1, -0.05) is 18.2 Å². The first-order chi connectivity index (χ1) is 12.1. The number of hydrogen-bond donors (Lipinski definition) is 1. The first-order valence-corrected chi connectivity index (χ1v) is 8.39. The summed E-state index contributed by atoms with van der Waals surface area (Å²) in [5.74, 6) is 0.683. The number of nitrogens with zero attached hydrogens (tertiary/aromatic N) is 3. The van der Waals surface area contributed by atoms with Gasteiger partial charge in [-0.15, -0.1) is 0 Å². The molecule has 5 nitrogen and oxygen atoms in total. The zero-order chi connectivity index (χ0) is 18.1. The van der Waals surface area contributed by atoms with Crippen molar-refractivity contribution in [2.75, 3.05) is 26.7 Å². The zero-order valence-corrected chi connectivity index (χ0v) is 15.0. The molecule has 0 aliphatic rings. The molecule has 2 rings (SSSR count). The summed E-state index contributed by atoms with van der Waals surface area (Å²) < 4.78 is 19.1. The van der Waals surface area contributed by atoms with Crippen LogP contribution in [-0.2, 0) is 6.54 Å². The molecule has 6 heteroatoms. The van der Waals surface area contributed by atoms with E-state index in [9.17, 15) is 4.39 Å². The Morgan fingerprint density at radius 3 is 2.80 bits per heavy atom. The van der Waals surface area contributed by atoms with Gasteiger partial charge < -0.3 is 15.0 Å². The standard InChI is InChI=1S/C19H25FN4O/c1-4-21-19(23-14-17-15(2)8-7-11-22-17)24(3)12-13-25-18-10-6-5-9-16(18)20/h5-11H,4,12-14H2,1-3H3,(H,21,23). The van der Waals surface area contributed by atoms with Gasteiger partial charge in [0.15, 0.2) is 17.5 Å². The second kappa shape index (κ2) is 9.61. The highest BCUT2D eigenvalue weighted by Crippen LogP contribution is 2.15. The predicted molar refractivity (Wildman–Crippen MR) is 98.3 cm³/mol. The Morgan fingerprint density at radius 2 is 2.08 bits per heavy atom. The smallest absolute Gasteiger partial charge is 0.194 e. The van der Waals surface area contributed by atoms with Crippen molar-refractivity contribution in [3.8, 4) is 5.75 Å². The third-order valence-electron chi connectivity index (χ3n) is 3.71. The van der Waals surface area contributed by atoms with E-state index >= 15 is 0 Å². The molecular weight excluding hydrogens is 319 g/mol. The van der Waals surface area contributed by atoms with Gasteiger partial charge in [-0.2, -0.15) is 0 Å². The lowest BCUT2D eigenvalue weighted by molar-refractivity contribution is 0.270. The van der Waals surface area contributed by atoms with Crippen molar-refractivity contribution in [2.24, 2.45) is 4.99 Å². The van der Waals surface area contributed by atoms with Gasteiger partial charge in [-0.25, -0.2) is 9.38 Å². The molecule has 2 aromatic rings. The summed E-state index contributed by atoms with van der Waals surface area (Å²) >= 11 is 0. The van der Waals surface area contributed by atoms with Crippen molar-refractivity contribution in [3.05, 3.63) is 59.7 Å². The Balaban J connectivity index is 1.93. The fraction of sp³-hybridized carbons (Fsp3) is 0.368. The van der Waals surface area contributed by atoms with Gasteiger partial charge in [0.05, 0.1) is 18.8 Å². The summed E-state index contributed by atoms with van der Waals surface area (Å²) in [5, 5.41) is 3.25. The second-order valence-corrected chi connectivity index (χ2v) is 5.64. The minimum Gasteiger partial charge on any atom is -0.489 e. The number of aliphatic imine (C=N–C) groups is 1. The summed E-state index contributed by atoms with van der Waals surface area (Å²) in [7, 11) is 1.93. The number of halogens is 1. The molecule has 0 saturated heterocycles. The SMILES string of the molecule is CCNC(=NCc1ncccc1C)N(C)CCOc1ccccc1F. The number of para-hydroxylation sites is 1. The largest absolute Gasteiger partial charge is 0.489 e. The molecule has 0 bridgehead atoms. The van der Waals surface area contributed by atoms with Gasteiger partial charge in [0, 0.05) is 19.8 Å². The van der Waals surface area contributed by atoms with E-state index < -0.39 is 0 Å². The van der Waals surface area contributed by atoms with E-state index in [1.807, 2.05) is 37.9 Å². The van der Waals surface area contributed by atoms with Crippen LogP contribution in [0.3, 0.4) is 0 Å². The molecule has 1 aromatic heterocycles. The lowest BCUT2D eigenvalue weighted by Gasteiger charge is -2.22. The Kier molecular flexibility index (Phi) is 7.19. The van der Waals surface area contributed by atoms with E-state index in [-0.39, 0.29) is 11.6 Å². The maximum atomic E-state index is 13.6. The van der Waals surface area contributed by atoms with E-state index in [0.29, 0.717) is 19.7 Å². The third-order valence-corrected chi connectivity index (χ3v) is 3.71. The molecule has 0 unspecified atom stereocenters. The topological polar surface area (TPSA) is 49.8 Å². The molecule has 0 amide bonds. The molecule has 0 fully saturated rings. The maximum absolute atomic E-state index is 13.6. The lowest BCUT2D eigenvalue weighted by atomic mass is 10.2. The van der Waals surface area contributed by atoms with Gasteiger partial charge in [0.2, 0.25) is 0 Å². The highest BCUT2D eigenvalue weighted by atomic mass is 19.1. The van der Waals surface area contributed by atoms with Crippen LogP contribution in [0, 0.1) is 12.7 Å². The first kappa shape index (κ1) is 18.7. The third kappa shape index (κ3) is 5.74. The number of hydrogen-bond acceptors (Lipinski definition) is 3. The normalized spacial score (nSPS) is 11.3. The van der Waals surface area contributed by atoms with Crippen LogP contribution in [0.15, 0.2) is 47.6 Å². The van der Waals surface area contributed by atoms with E-state index in [0.717, 1.165) is 23.8 Å². The minimum atomic E-state index is -0.351. The van der Waals surface area contributed by atoms with Crippen molar-refractivity contribution in [3.63, 3.8) is 0 Å². The molecule has 0 aliphatic carbocycles. The van der Waals surface area contributed by atoms with Crippen LogP contribution < -0.4 is 10.1 Å². The van der Waals surface area contributed by atoms with E-state index in [4.69, 9.17) is 4.74 Å². The number of guanidine groups is 1. The average Bonchev–Trinajstić information content (AvgIpc) is 2.61. The number of aryl methyl sites for hydroxylation is 1. The van der Waals surface area contributed by atoms with Gasteiger partial charge in [0.25, 0.3) is 0 Å². The molecular formula is C19H25FN4O. The quantitative estimate of drug-likeness (QED) is 0.620. The first-order valence-electron chi connectivity index (χ1n) is 8.39. The van der Waals surface area contributed by atoms with Crippen LogP contribution in [0.4, 0.5) is 4.39 Å². The summed E-state index contributed by atoms with van der Waals surface area (Å²) in [6, 6.07) is 10.3. The molecule has 0 saturated carbocycles. The minimum absolute atomic E-state index is 0.266. The van der Waals surface area contributed by atoms with Crippen LogP contribution in [0.1, 0.15) is 18.2 Å². The molecule has 0 aliphatic heterocycles. The van der Waals surface area contributed by atoms with E-state index in [1.54, 1.807) is 24.4 Å². The Bertz CT molecular complexity index is 705. The monoisotopic (exact) mass is 344 g/mol. The number of ether oxygens (including phenoxy) is 1. The van der Waals surface area contributed by atoms with Crippen LogP contribution in [0.25, 0.3) is 0 Å². The average molecular weight is 344 g/mol. The molecule has 0 atom stereocenters. The van der Waals surface area contributed by atoms with Crippen molar-refractivity contribution >= 4 is 5.96 Å². The van der Waals surface area contributed by atoms with Gasteiger partial charge in [0.1, 0.15) is 6.61 Å². The molecule has 25 heavy (non-hydrogen) atoms. The van der Waals surface area contributed by atoms with Crippen molar-refractivity contribution in [1.29, 1.82) is 0 Å². The molecule has 0 spiro atoms. The predicted octanol–water partition coefficient (Wildman–Crippen LogP) is 3.01. The number of aromatic nitrogens is 1. The molecule has 0 radical (unpaired) electrons.